The van der Waals surface area contributed by atoms with Gasteiger partial charge >= 0.3 is 0 Å². The maximum absolute atomic E-state index is 13.5. The van der Waals surface area contributed by atoms with Gasteiger partial charge in [-0.15, -0.1) is 0 Å². The minimum Gasteiger partial charge on any atom is -0.332 e. The van der Waals surface area contributed by atoms with Crippen molar-refractivity contribution in [2.75, 3.05) is 0 Å². The van der Waals surface area contributed by atoms with E-state index in [0.717, 1.165) is 6.07 Å². The van der Waals surface area contributed by atoms with Crippen molar-refractivity contribution in [3.05, 3.63) is 71.3 Å². The first kappa shape index (κ1) is 13.7. The molecule has 0 aliphatic rings. The summed E-state index contributed by atoms with van der Waals surface area (Å²) in [7, 11) is 0. The fourth-order valence-corrected chi connectivity index (χ4v) is 1.70. The minimum absolute atomic E-state index is 0.144. The lowest BCUT2D eigenvalue weighted by Gasteiger charge is -2.12. The molecule has 3 nitrogen and oxygen atoms in total. The van der Waals surface area contributed by atoms with Gasteiger partial charge in [0.2, 0.25) is 0 Å². The van der Waals surface area contributed by atoms with Crippen LogP contribution >= 0.6 is 0 Å². The Morgan fingerprint density at radius 3 is 2.35 bits per heavy atom. The maximum Gasteiger partial charge on any atom is 0.255 e. The Kier molecular flexibility index (Phi) is 4.06. The number of carbonyl (C=O) groups excluding carboxylic acids is 1. The molecule has 100 valence electrons. The first-order valence-electron chi connectivity index (χ1n) is 5.82. The van der Waals surface area contributed by atoms with Crippen molar-refractivity contribution in [3.8, 4) is 6.07 Å². The molecule has 1 unspecified atom stereocenters. The zero-order valence-electron chi connectivity index (χ0n) is 10.3. The number of carbonyl (C=O) groups is 1. The van der Waals surface area contributed by atoms with E-state index in [-0.39, 0.29) is 5.56 Å². The number of halogens is 2. The van der Waals surface area contributed by atoms with Crippen molar-refractivity contribution in [1.82, 2.24) is 5.32 Å². The normalized spacial score (nSPS) is 11.4. The van der Waals surface area contributed by atoms with E-state index in [1.165, 1.54) is 42.5 Å². The van der Waals surface area contributed by atoms with Crippen molar-refractivity contribution in [1.29, 1.82) is 5.26 Å². The Bertz CT molecular complexity index is 662. The standard InChI is InChI=1S/C15H10F2N2O/c16-11-7-5-10(6-8-11)14(9-18)19-15(20)12-3-1-2-4-13(12)17/h1-8,14H,(H,19,20). The molecule has 5 heteroatoms. The molecule has 20 heavy (non-hydrogen) atoms. The fourth-order valence-electron chi connectivity index (χ4n) is 1.70. The Hall–Kier alpha value is -2.74. The molecule has 0 radical (unpaired) electrons. The second kappa shape index (κ2) is 5.93. The van der Waals surface area contributed by atoms with E-state index >= 15 is 0 Å². The van der Waals surface area contributed by atoms with Gasteiger partial charge in [0.15, 0.2) is 0 Å². The van der Waals surface area contributed by atoms with Crippen LogP contribution in [0.2, 0.25) is 0 Å². The second-order valence-electron chi connectivity index (χ2n) is 4.07. The molecule has 0 heterocycles. The third-order valence-corrected chi connectivity index (χ3v) is 2.73. The largest absolute Gasteiger partial charge is 0.332 e. The third kappa shape index (κ3) is 2.98. The average Bonchev–Trinajstić information content (AvgIpc) is 2.46. The van der Waals surface area contributed by atoms with Crippen molar-refractivity contribution in [3.63, 3.8) is 0 Å². The van der Waals surface area contributed by atoms with Gasteiger partial charge < -0.3 is 5.32 Å². The van der Waals surface area contributed by atoms with Gasteiger partial charge in [0.25, 0.3) is 5.91 Å². The van der Waals surface area contributed by atoms with Gasteiger partial charge in [0.1, 0.15) is 17.7 Å². The molecule has 1 amide bonds. The lowest BCUT2D eigenvalue weighted by atomic mass is 10.1. The highest BCUT2D eigenvalue weighted by Gasteiger charge is 2.17. The SMILES string of the molecule is N#CC(NC(=O)c1ccccc1F)c1ccc(F)cc1. The van der Waals surface area contributed by atoms with Crippen LogP contribution in [0.3, 0.4) is 0 Å². The van der Waals surface area contributed by atoms with Crippen LogP contribution in [-0.2, 0) is 0 Å². The molecular weight excluding hydrogens is 262 g/mol. The summed E-state index contributed by atoms with van der Waals surface area (Å²) >= 11 is 0. The number of hydrogen-bond acceptors (Lipinski definition) is 2. The number of nitriles is 1. The van der Waals surface area contributed by atoms with Gasteiger partial charge in [0.05, 0.1) is 11.6 Å². The summed E-state index contributed by atoms with van der Waals surface area (Å²) in [5, 5.41) is 11.5. The predicted molar refractivity (Wildman–Crippen MR) is 68.6 cm³/mol. The van der Waals surface area contributed by atoms with Crippen LogP contribution in [0.1, 0.15) is 22.0 Å². The summed E-state index contributed by atoms with van der Waals surface area (Å²) in [4.78, 5) is 11.9. The molecule has 0 aromatic heterocycles. The molecule has 0 spiro atoms. The number of rotatable bonds is 3. The van der Waals surface area contributed by atoms with Crippen molar-refractivity contribution in [2.24, 2.45) is 0 Å². The Morgan fingerprint density at radius 1 is 1.10 bits per heavy atom. The van der Waals surface area contributed by atoms with Crippen molar-refractivity contribution < 1.29 is 13.6 Å². The molecule has 0 saturated carbocycles. The Morgan fingerprint density at radius 2 is 1.75 bits per heavy atom. The predicted octanol–water partition coefficient (Wildman–Crippen LogP) is 2.96. The number of benzene rings is 2. The molecule has 2 aromatic carbocycles. The Balaban J connectivity index is 2.19. The van der Waals surface area contributed by atoms with Gasteiger partial charge in [-0.3, -0.25) is 4.79 Å². The lowest BCUT2D eigenvalue weighted by molar-refractivity contribution is 0.0941. The highest BCUT2D eigenvalue weighted by atomic mass is 19.1. The molecule has 2 rings (SSSR count). The van der Waals surface area contributed by atoms with Gasteiger partial charge in [-0.05, 0) is 29.8 Å². The van der Waals surface area contributed by atoms with Crippen LogP contribution in [0.5, 0.6) is 0 Å². The fraction of sp³-hybridized carbons (Fsp3) is 0.0667. The first-order chi connectivity index (χ1) is 9.61. The van der Waals surface area contributed by atoms with Crippen LogP contribution in [0, 0.1) is 23.0 Å². The van der Waals surface area contributed by atoms with Gasteiger partial charge in [0, 0.05) is 0 Å². The van der Waals surface area contributed by atoms with E-state index in [1.54, 1.807) is 0 Å². The summed E-state index contributed by atoms with van der Waals surface area (Å²) in [6.07, 6.45) is 0. The van der Waals surface area contributed by atoms with E-state index in [4.69, 9.17) is 5.26 Å². The summed E-state index contributed by atoms with van der Waals surface area (Å²) in [6, 6.07) is 11.6. The van der Waals surface area contributed by atoms with E-state index in [2.05, 4.69) is 5.32 Å². The van der Waals surface area contributed by atoms with Crippen LogP contribution in [0.15, 0.2) is 48.5 Å². The molecule has 0 fully saturated rings. The van der Waals surface area contributed by atoms with Crippen molar-refractivity contribution >= 4 is 5.91 Å². The van der Waals surface area contributed by atoms with Crippen LogP contribution in [0.25, 0.3) is 0 Å². The molecule has 0 saturated heterocycles. The van der Waals surface area contributed by atoms with E-state index in [9.17, 15) is 13.6 Å². The van der Waals surface area contributed by atoms with Crippen LogP contribution < -0.4 is 5.32 Å². The van der Waals surface area contributed by atoms with Crippen LogP contribution in [-0.4, -0.2) is 5.91 Å². The highest BCUT2D eigenvalue weighted by molar-refractivity contribution is 5.94. The van der Waals surface area contributed by atoms with Gasteiger partial charge in [-0.2, -0.15) is 5.26 Å². The quantitative estimate of drug-likeness (QED) is 0.933. The molecule has 1 atom stereocenters. The average molecular weight is 272 g/mol. The van der Waals surface area contributed by atoms with E-state index in [1.807, 2.05) is 6.07 Å². The molecular formula is C15H10F2N2O. The maximum atomic E-state index is 13.5. The molecule has 1 N–H and O–H groups in total. The third-order valence-electron chi connectivity index (χ3n) is 2.73. The topological polar surface area (TPSA) is 52.9 Å². The van der Waals surface area contributed by atoms with Gasteiger partial charge in [-0.25, -0.2) is 8.78 Å². The van der Waals surface area contributed by atoms with Crippen molar-refractivity contribution in [2.45, 2.75) is 6.04 Å². The molecule has 0 bridgehead atoms. The summed E-state index contributed by atoms with van der Waals surface area (Å²) in [5.74, 6) is -1.80. The minimum atomic E-state index is -0.970. The highest BCUT2D eigenvalue weighted by Crippen LogP contribution is 2.14. The molecule has 0 aliphatic heterocycles. The molecule has 2 aromatic rings. The number of hydrogen-bond donors (Lipinski definition) is 1. The summed E-state index contributed by atoms with van der Waals surface area (Å²) in [6.45, 7) is 0. The second-order valence-corrected chi connectivity index (χ2v) is 4.07. The van der Waals surface area contributed by atoms with E-state index < -0.39 is 23.6 Å². The Labute approximate surface area is 114 Å². The number of amides is 1. The first-order valence-corrected chi connectivity index (χ1v) is 5.82. The number of nitrogens with one attached hydrogen (secondary N) is 1. The van der Waals surface area contributed by atoms with E-state index in [0.29, 0.717) is 5.56 Å². The smallest absolute Gasteiger partial charge is 0.255 e. The zero-order chi connectivity index (χ0) is 14.5. The van der Waals surface area contributed by atoms with Gasteiger partial charge in [-0.1, -0.05) is 24.3 Å². The van der Waals surface area contributed by atoms with Crippen LogP contribution in [0.4, 0.5) is 8.78 Å². The monoisotopic (exact) mass is 272 g/mol. The molecule has 0 aliphatic carbocycles. The zero-order valence-corrected chi connectivity index (χ0v) is 10.3. The summed E-state index contributed by atoms with van der Waals surface area (Å²) < 4.78 is 26.3. The summed E-state index contributed by atoms with van der Waals surface area (Å²) in [5.41, 5.74) is 0.286. The number of nitrogens with zero attached hydrogens (tertiary/aromatic N) is 1. The lowest BCUT2D eigenvalue weighted by Crippen LogP contribution is -2.28.